The summed E-state index contributed by atoms with van der Waals surface area (Å²) in [6, 6.07) is 0. The fourth-order valence-electron chi connectivity index (χ4n) is 0.293. The van der Waals surface area contributed by atoms with Gasteiger partial charge in [0, 0.05) is 0 Å². The predicted molar refractivity (Wildman–Crippen MR) is 28.5 cm³/mol. The first kappa shape index (κ1) is 4.59. The van der Waals surface area contributed by atoms with Crippen LogP contribution in [0.4, 0.5) is 0 Å². The van der Waals surface area contributed by atoms with Crippen molar-refractivity contribution in [2.45, 2.75) is 6.92 Å². The lowest BCUT2D eigenvalue weighted by Gasteiger charge is -1.77. The largest absolute Gasteiger partial charge is 0.505 e. The van der Waals surface area contributed by atoms with Gasteiger partial charge in [-0.1, -0.05) is 0 Å². The summed E-state index contributed by atoms with van der Waals surface area (Å²) >= 11 is 1.30. The normalized spacial score (nSPS) is 9.29. The minimum atomic E-state index is 0.296. The molecule has 1 aromatic rings. The molecule has 0 bridgehead atoms. The first-order chi connectivity index (χ1) is 3.30. The second-order valence-corrected chi connectivity index (χ2v) is 2.27. The SMILES string of the molecule is Cc1sncc1O. The molecule has 0 aliphatic heterocycles. The van der Waals surface area contributed by atoms with Gasteiger partial charge in [-0.05, 0) is 18.5 Å². The molecule has 3 heteroatoms. The van der Waals surface area contributed by atoms with Gasteiger partial charge in [0.15, 0.2) is 0 Å². The quantitative estimate of drug-likeness (QED) is 0.550. The Morgan fingerprint density at radius 3 is 2.71 bits per heavy atom. The zero-order chi connectivity index (χ0) is 5.28. The van der Waals surface area contributed by atoms with Crippen LogP contribution in [-0.4, -0.2) is 9.48 Å². The Kier molecular flexibility index (Phi) is 0.982. The molecule has 0 aromatic carbocycles. The summed E-state index contributed by atoms with van der Waals surface area (Å²) in [5, 5.41) is 8.71. The molecule has 0 aliphatic rings. The maximum Gasteiger partial charge on any atom is 0.149 e. The molecule has 7 heavy (non-hydrogen) atoms. The van der Waals surface area contributed by atoms with Gasteiger partial charge in [0.25, 0.3) is 0 Å². The van der Waals surface area contributed by atoms with Crippen LogP contribution in [0.5, 0.6) is 5.75 Å². The average molecular weight is 115 g/mol. The number of nitrogens with zero attached hydrogens (tertiary/aromatic N) is 1. The molecule has 0 unspecified atom stereocenters. The summed E-state index contributed by atoms with van der Waals surface area (Å²) in [6.07, 6.45) is 1.44. The molecule has 0 amide bonds. The van der Waals surface area contributed by atoms with Crippen LogP contribution in [0, 0.1) is 6.92 Å². The van der Waals surface area contributed by atoms with Gasteiger partial charge in [0.05, 0.1) is 11.1 Å². The highest BCUT2D eigenvalue weighted by Gasteiger charge is 1.92. The zero-order valence-electron chi connectivity index (χ0n) is 3.88. The molecular formula is C4H5NOS. The molecule has 0 saturated carbocycles. The van der Waals surface area contributed by atoms with E-state index in [1.165, 1.54) is 17.7 Å². The predicted octanol–water partition coefficient (Wildman–Crippen LogP) is 1.16. The summed E-state index contributed by atoms with van der Waals surface area (Å²) in [4.78, 5) is 0.875. The van der Waals surface area contributed by atoms with Gasteiger partial charge in [-0.3, -0.25) is 0 Å². The van der Waals surface area contributed by atoms with Crippen molar-refractivity contribution in [2.24, 2.45) is 0 Å². The fraction of sp³-hybridized carbons (Fsp3) is 0.250. The summed E-state index contributed by atoms with van der Waals surface area (Å²) in [5.74, 6) is 0.296. The van der Waals surface area contributed by atoms with E-state index < -0.39 is 0 Å². The lowest BCUT2D eigenvalue weighted by molar-refractivity contribution is 0.473. The molecule has 0 spiro atoms. The lowest BCUT2D eigenvalue weighted by Crippen LogP contribution is -1.54. The Labute approximate surface area is 45.6 Å². The van der Waals surface area contributed by atoms with Gasteiger partial charge in [0.1, 0.15) is 5.75 Å². The Bertz CT molecular complexity index is 144. The van der Waals surface area contributed by atoms with Crippen molar-refractivity contribution in [3.8, 4) is 5.75 Å². The fourth-order valence-corrected chi connectivity index (χ4v) is 0.750. The van der Waals surface area contributed by atoms with E-state index in [1.54, 1.807) is 0 Å². The second kappa shape index (κ2) is 1.50. The number of aromatic hydroxyl groups is 1. The zero-order valence-corrected chi connectivity index (χ0v) is 4.70. The molecule has 0 atom stereocenters. The third-order valence-corrected chi connectivity index (χ3v) is 1.42. The molecule has 0 saturated heterocycles. The number of rotatable bonds is 0. The molecule has 1 rings (SSSR count). The van der Waals surface area contributed by atoms with Gasteiger partial charge in [-0.2, -0.15) is 4.37 Å². The second-order valence-electron chi connectivity index (χ2n) is 1.27. The van der Waals surface area contributed by atoms with Crippen molar-refractivity contribution in [3.05, 3.63) is 11.1 Å². The van der Waals surface area contributed by atoms with E-state index in [2.05, 4.69) is 4.37 Å². The first-order valence-corrected chi connectivity index (χ1v) is 2.68. The van der Waals surface area contributed by atoms with Crippen molar-refractivity contribution >= 4 is 11.5 Å². The van der Waals surface area contributed by atoms with E-state index in [1.807, 2.05) is 6.92 Å². The van der Waals surface area contributed by atoms with Gasteiger partial charge < -0.3 is 5.11 Å². The topological polar surface area (TPSA) is 33.1 Å². The van der Waals surface area contributed by atoms with E-state index in [9.17, 15) is 0 Å². The standard InChI is InChI=1S/C4H5NOS/c1-3-4(6)2-5-7-3/h2,6H,1H3. The van der Waals surface area contributed by atoms with Crippen molar-refractivity contribution in [1.82, 2.24) is 4.37 Å². The third-order valence-electron chi connectivity index (χ3n) is 0.725. The molecule has 0 fully saturated rings. The van der Waals surface area contributed by atoms with E-state index in [0.717, 1.165) is 4.88 Å². The lowest BCUT2D eigenvalue weighted by atomic mass is 10.5. The Morgan fingerprint density at radius 2 is 2.57 bits per heavy atom. The van der Waals surface area contributed by atoms with Gasteiger partial charge in [-0.25, -0.2) is 0 Å². The van der Waals surface area contributed by atoms with Crippen molar-refractivity contribution < 1.29 is 5.11 Å². The van der Waals surface area contributed by atoms with Crippen molar-refractivity contribution in [1.29, 1.82) is 0 Å². The van der Waals surface area contributed by atoms with Crippen LogP contribution in [0.1, 0.15) is 4.88 Å². The van der Waals surface area contributed by atoms with Gasteiger partial charge in [0.2, 0.25) is 0 Å². The maximum absolute atomic E-state index is 8.71. The van der Waals surface area contributed by atoms with Crippen LogP contribution < -0.4 is 0 Å². The summed E-state index contributed by atoms with van der Waals surface area (Å²) in [5.41, 5.74) is 0. The van der Waals surface area contributed by atoms with E-state index in [4.69, 9.17) is 5.11 Å². The molecule has 1 N–H and O–H groups in total. The number of hydrogen-bond donors (Lipinski definition) is 1. The number of hydrogen-bond acceptors (Lipinski definition) is 3. The molecule has 38 valence electrons. The molecular weight excluding hydrogens is 110 g/mol. The monoisotopic (exact) mass is 115 g/mol. The molecule has 2 nitrogen and oxygen atoms in total. The van der Waals surface area contributed by atoms with Gasteiger partial charge in [-0.15, -0.1) is 0 Å². The number of aryl methyl sites for hydroxylation is 1. The van der Waals surface area contributed by atoms with E-state index in [-0.39, 0.29) is 0 Å². The van der Waals surface area contributed by atoms with Crippen LogP contribution in [0.3, 0.4) is 0 Å². The summed E-state index contributed by atoms with van der Waals surface area (Å²) in [6.45, 7) is 1.83. The minimum Gasteiger partial charge on any atom is -0.505 e. The molecule has 0 aliphatic carbocycles. The first-order valence-electron chi connectivity index (χ1n) is 1.91. The van der Waals surface area contributed by atoms with E-state index >= 15 is 0 Å². The Hall–Kier alpha value is -0.570. The molecule has 1 heterocycles. The van der Waals surface area contributed by atoms with Crippen LogP contribution in [0.15, 0.2) is 6.20 Å². The summed E-state index contributed by atoms with van der Waals surface area (Å²) < 4.78 is 3.71. The third kappa shape index (κ3) is 0.718. The summed E-state index contributed by atoms with van der Waals surface area (Å²) in [7, 11) is 0. The number of aromatic nitrogens is 1. The average Bonchev–Trinajstić information content (AvgIpc) is 1.91. The molecule has 0 radical (unpaired) electrons. The highest BCUT2D eigenvalue weighted by Crippen LogP contribution is 2.16. The van der Waals surface area contributed by atoms with Crippen molar-refractivity contribution in [2.75, 3.05) is 0 Å². The van der Waals surface area contributed by atoms with Crippen LogP contribution in [-0.2, 0) is 0 Å². The van der Waals surface area contributed by atoms with Crippen molar-refractivity contribution in [3.63, 3.8) is 0 Å². The maximum atomic E-state index is 8.71. The Balaban J connectivity index is 3.12. The van der Waals surface area contributed by atoms with Crippen LogP contribution >= 0.6 is 11.5 Å². The smallest absolute Gasteiger partial charge is 0.149 e. The van der Waals surface area contributed by atoms with E-state index in [0.29, 0.717) is 5.75 Å². The minimum absolute atomic E-state index is 0.296. The molecule has 1 aromatic heterocycles. The highest BCUT2D eigenvalue weighted by atomic mass is 32.1. The highest BCUT2D eigenvalue weighted by molar-refractivity contribution is 7.05. The Morgan fingerprint density at radius 1 is 1.86 bits per heavy atom. The van der Waals surface area contributed by atoms with Crippen LogP contribution in [0.25, 0.3) is 0 Å². The van der Waals surface area contributed by atoms with Gasteiger partial charge >= 0.3 is 0 Å². The van der Waals surface area contributed by atoms with Crippen LogP contribution in [0.2, 0.25) is 0 Å².